The minimum Gasteiger partial charge on any atom is -0.478 e. The van der Waals surface area contributed by atoms with Gasteiger partial charge in [-0.1, -0.05) is 6.07 Å². The van der Waals surface area contributed by atoms with Crippen LogP contribution in [0.5, 0.6) is 0 Å². The van der Waals surface area contributed by atoms with Gasteiger partial charge in [0.2, 0.25) is 0 Å². The summed E-state index contributed by atoms with van der Waals surface area (Å²) < 4.78 is 13.8. The molecule has 2 N–H and O–H groups in total. The van der Waals surface area contributed by atoms with Gasteiger partial charge < -0.3 is 10.1 Å². The maximum absolute atomic E-state index is 13.5. The highest BCUT2D eigenvalue weighted by Crippen LogP contribution is 2.29. The zero-order valence-electron chi connectivity index (χ0n) is 10.0. The topological polar surface area (TPSA) is 66.0 Å². The van der Waals surface area contributed by atoms with Crippen molar-refractivity contribution in [1.29, 1.82) is 0 Å². The highest BCUT2D eigenvalue weighted by atomic mass is 79.9. The third-order valence-electron chi connectivity index (χ3n) is 2.94. The van der Waals surface area contributed by atoms with Crippen LogP contribution in [0.15, 0.2) is 40.9 Å². The molecule has 1 heterocycles. The summed E-state index contributed by atoms with van der Waals surface area (Å²) in [5, 5.41) is 8.96. The third kappa shape index (κ3) is 2.08. The molecule has 0 atom stereocenters. The molecule has 2 aromatic carbocycles. The normalized spacial score (nSPS) is 10.9. The van der Waals surface area contributed by atoms with Crippen LogP contribution in [0, 0.1) is 5.82 Å². The number of rotatable bonds is 2. The van der Waals surface area contributed by atoms with Gasteiger partial charge in [-0.15, -0.1) is 0 Å². The highest BCUT2D eigenvalue weighted by Gasteiger charge is 2.12. The first kappa shape index (κ1) is 12.8. The van der Waals surface area contributed by atoms with Gasteiger partial charge in [0.25, 0.3) is 0 Å². The molecule has 6 heteroatoms. The summed E-state index contributed by atoms with van der Waals surface area (Å²) >= 11 is 3.18. The van der Waals surface area contributed by atoms with Crippen molar-refractivity contribution in [3.8, 4) is 11.4 Å². The summed E-state index contributed by atoms with van der Waals surface area (Å²) in [7, 11) is 0. The van der Waals surface area contributed by atoms with E-state index >= 15 is 0 Å². The highest BCUT2D eigenvalue weighted by molar-refractivity contribution is 9.10. The molecular formula is C14H8BrFN2O2. The van der Waals surface area contributed by atoms with Crippen molar-refractivity contribution >= 4 is 32.9 Å². The number of H-pyrrole nitrogens is 1. The first-order chi connectivity index (χ1) is 9.56. The van der Waals surface area contributed by atoms with E-state index in [9.17, 15) is 9.18 Å². The Balaban J connectivity index is 2.18. The Morgan fingerprint density at radius 3 is 2.85 bits per heavy atom. The molecule has 20 heavy (non-hydrogen) atoms. The number of carbonyl (C=O) groups is 1. The van der Waals surface area contributed by atoms with Crippen LogP contribution in [0.3, 0.4) is 0 Å². The molecule has 0 bridgehead atoms. The van der Waals surface area contributed by atoms with Gasteiger partial charge in [-0.3, -0.25) is 0 Å². The molecule has 0 radical (unpaired) electrons. The molecule has 0 aliphatic rings. The maximum Gasteiger partial charge on any atom is 0.335 e. The summed E-state index contributed by atoms with van der Waals surface area (Å²) in [6.45, 7) is 0. The van der Waals surface area contributed by atoms with Crippen LogP contribution in [0.25, 0.3) is 22.4 Å². The van der Waals surface area contributed by atoms with Gasteiger partial charge >= 0.3 is 5.97 Å². The number of carboxylic acids is 1. The standard InChI is InChI=1S/C14H8BrFN2O2/c15-12-8(2-1-3-9(12)16)13-17-10-5-4-7(14(19)20)6-11(10)18-13/h1-6H,(H,17,18)(H,19,20). The summed E-state index contributed by atoms with van der Waals surface area (Å²) in [4.78, 5) is 18.3. The molecule has 0 unspecified atom stereocenters. The molecule has 0 aliphatic heterocycles. The lowest BCUT2D eigenvalue weighted by Gasteiger charge is -2.00. The molecule has 100 valence electrons. The van der Waals surface area contributed by atoms with Crippen molar-refractivity contribution in [2.75, 3.05) is 0 Å². The van der Waals surface area contributed by atoms with Crippen molar-refractivity contribution in [3.05, 3.63) is 52.3 Å². The monoisotopic (exact) mass is 334 g/mol. The number of fused-ring (bicyclic) bond motifs is 1. The Labute approximate surface area is 121 Å². The van der Waals surface area contributed by atoms with E-state index in [2.05, 4.69) is 25.9 Å². The Morgan fingerprint density at radius 1 is 1.30 bits per heavy atom. The van der Waals surface area contributed by atoms with E-state index in [0.717, 1.165) is 0 Å². The fourth-order valence-electron chi connectivity index (χ4n) is 1.96. The van der Waals surface area contributed by atoms with Gasteiger partial charge in [0, 0.05) is 5.56 Å². The van der Waals surface area contributed by atoms with E-state index in [0.29, 0.717) is 26.9 Å². The zero-order chi connectivity index (χ0) is 14.3. The number of hydrogen-bond donors (Lipinski definition) is 2. The zero-order valence-corrected chi connectivity index (χ0v) is 11.6. The molecular weight excluding hydrogens is 327 g/mol. The van der Waals surface area contributed by atoms with Crippen molar-refractivity contribution < 1.29 is 14.3 Å². The van der Waals surface area contributed by atoms with E-state index in [-0.39, 0.29) is 11.4 Å². The number of aromatic carboxylic acids is 1. The van der Waals surface area contributed by atoms with Crippen LogP contribution in [0.2, 0.25) is 0 Å². The molecule has 0 amide bonds. The number of aromatic nitrogens is 2. The van der Waals surface area contributed by atoms with Gasteiger partial charge in [0.05, 0.1) is 21.1 Å². The lowest BCUT2D eigenvalue weighted by molar-refractivity contribution is 0.0697. The lowest BCUT2D eigenvalue weighted by atomic mass is 10.2. The fraction of sp³-hybridized carbons (Fsp3) is 0. The second kappa shape index (κ2) is 4.72. The molecule has 0 aliphatic carbocycles. The number of imidazole rings is 1. The average Bonchev–Trinajstić information content (AvgIpc) is 2.84. The van der Waals surface area contributed by atoms with Crippen molar-refractivity contribution in [2.24, 2.45) is 0 Å². The van der Waals surface area contributed by atoms with Crippen LogP contribution in [0.1, 0.15) is 10.4 Å². The van der Waals surface area contributed by atoms with Crippen LogP contribution < -0.4 is 0 Å². The van der Waals surface area contributed by atoms with Crippen molar-refractivity contribution in [1.82, 2.24) is 9.97 Å². The summed E-state index contributed by atoms with van der Waals surface area (Å²) in [5.41, 5.74) is 1.97. The Kier molecular flexibility index (Phi) is 3.02. The maximum atomic E-state index is 13.5. The van der Waals surface area contributed by atoms with E-state index in [1.807, 2.05) is 0 Å². The molecule has 0 saturated heterocycles. The van der Waals surface area contributed by atoms with Gasteiger partial charge in [-0.25, -0.2) is 14.2 Å². The summed E-state index contributed by atoms with van der Waals surface area (Å²) in [6.07, 6.45) is 0. The van der Waals surface area contributed by atoms with E-state index in [1.54, 1.807) is 18.2 Å². The molecule has 0 fully saturated rings. The van der Waals surface area contributed by atoms with Gasteiger partial charge in [-0.2, -0.15) is 0 Å². The summed E-state index contributed by atoms with van der Waals surface area (Å²) in [6, 6.07) is 9.26. The number of aromatic amines is 1. The predicted molar refractivity (Wildman–Crippen MR) is 76.1 cm³/mol. The minimum atomic E-state index is -1.00. The predicted octanol–water partition coefficient (Wildman–Crippen LogP) is 3.83. The smallest absolute Gasteiger partial charge is 0.335 e. The first-order valence-electron chi connectivity index (χ1n) is 5.73. The number of nitrogens with zero attached hydrogens (tertiary/aromatic N) is 1. The van der Waals surface area contributed by atoms with Crippen LogP contribution in [0.4, 0.5) is 4.39 Å². The molecule has 3 aromatic rings. The Morgan fingerprint density at radius 2 is 2.10 bits per heavy atom. The number of nitrogens with one attached hydrogen (secondary N) is 1. The van der Waals surface area contributed by atoms with Crippen molar-refractivity contribution in [3.63, 3.8) is 0 Å². The molecule has 1 aromatic heterocycles. The number of hydrogen-bond acceptors (Lipinski definition) is 2. The van der Waals surface area contributed by atoms with Crippen LogP contribution in [-0.4, -0.2) is 21.0 Å². The SMILES string of the molecule is O=C(O)c1ccc2nc(-c3cccc(F)c3Br)[nH]c2c1. The number of halogens is 2. The minimum absolute atomic E-state index is 0.172. The van der Waals surface area contributed by atoms with E-state index < -0.39 is 5.97 Å². The molecule has 4 nitrogen and oxygen atoms in total. The van der Waals surface area contributed by atoms with Crippen LogP contribution >= 0.6 is 15.9 Å². The average molecular weight is 335 g/mol. The Hall–Kier alpha value is -2.21. The number of carboxylic acid groups (broad SMARTS) is 1. The third-order valence-corrected chi connectivity index (χ3v) is 3.74. The lowest BCUT2D eigenvalue weighted by Crippen LogP contribution is -1.94. The van der Waals surface area contributed by atoms with Gasteiger partial charge in [0.1, 0.15) is 11.6 Å². The quantitative estimate of drug-likeness (QED) is 0.748. The molecule has 0 saturated carbocycles. The summed E-state index contributed by atoms with van der Waals surface area (Å²) in [5.74, 6) is -0.905. The fourth-order valence-corrected chi connectivity index (χ4v) is 2.41. The van der Waals surface area contributed by atoms with Gasteiger partial charge in [0.15, 0.2) is 0 Å². The second-order valence-electron chi connectivity index (χ2n) is 4.22. The van der Waals surface area contributed by atoms with E-state index in [1.165, 1.54) is 18.2 Å². The van der Waals surface area contributed by atoms with Crippen molar-refractivity contribution in [2.45, 2.75) is 0 Å². The number of benzene rings is 2. The Bertz CT molecular complexity index is 829. The van der Waals surface area contributed by atoms with Crippen LogP contribution in [-0.2, 0) is 0 Å². The van der Waals surface area contributed by atoms with Gasteiger partial charge in [-0.05, 0) is 46.3 Å². The second-order valence-corrected chi connectivity index (χ2v) is 5.02. The first-order valence-corrected chi connectivity index (χ1v) is 6.53. The largest absolute Gasteiger partial charge is 0.478 e. The van der Waals surface area contributed by atoms with E-state index in [4.69, 9.17) is 5.11 Å². The molecule has 3 rings (SSSR count). The molecule has 0 spiro atoms.